The molecule has 3 aromatic rings. The largest absolute Gasteiger partial charge is 0.490 e. The minimum Gasteiger partial charge on any atom is -0.490 e. The van der Waals surface area contributed by atoms with Gasteiger partial charge in [-0.15, -0.1) is 5.10 Å². The van der Waals surface area contributed by atoms with Gasteiger partial charge in [-0.3, -0.25) is 10.1 Å². The Bertz CT molecular complexity index is 1050. The number of rotatable bonds is 10. The molecule has 8 heteroatoms. The number of carbonyl (C=O) groups is 1. The Labute approximate surface area is 187 Å². The molecular weight excluding hydrogens is 410 g/mol. The summed E-state index contributed by atoms with van der Waals surface area (Å²) in [5.41, 5.74) is 3.76. The van der Waals surface area contributed by atoms with Crippen molar-refractivity contribution in [1.29, 1.82) is 0 Å². The SMILES string of the molecule is CCOc1cc(-c2nnc(NC(=O)Cc3ccc(C)cc3C)o2)cc(OCC)c1OCC. The van der Waals surface area contributed by atoms with Crippen molar-refractivity contribution in [1.82, 2.24) is 10.2 Å². The van der Waals surface area contributed by atoms with Gasteiger partial charge in [-0.25, -0.2) is 0 Å². The van der Waals surface area contributed by atoms with E-state index in [1.165, 1.54) is 0 Å². The number of carbonyl (C=O) groups excluding carboxylic acids is 1. The summed E-state index contributed by atoms with van der Waals surface area (Å²) >= 11 is 0. The van der Waals surface area contributed by atoms with Crippen LogP contribution < -0.4 is 19.5 Å². The number of nitrogens with one attached hydrogen (secondary N) is 1. The van der Waals surface area contributed by atoms with Crippen LogP contribution in [0.4, 0.5) is 6.01 Å². The van der Waals surface area contributed by atoms with Gasteiger partial charge in [0.2, 0.25) is 17.5 Å². The quantitative estimate of drug-likeness (QED) is 0.488. The molecule has 170 valence electrons. The van der Waals surface area contributed by atoms with Gasteiger partial charge in [0.05, 0.1) is 26.2 Å². The van der Waals surface area contributed by atoms with Crippen LogP contribution >= 0.6 is 0 Å². The number of aryl methyl sites for hydroxylation is 2. The van der Waals surface area contributed by atoms with Crippen LogP contribution in [-0.4, -0.2) is 35.9 Å². The van der Waals surface area contributed by atoms with E-state index >= 15 is 0 Å². The lowest BCUT2D eigenvalue weighted by molar-refractivity contribution is -0.115. The zero-order chi connectivity index (χ0) is 23.1. The van der Waals surface area contributed by atoms with Crippen molar-refractivity contribution in [2.75, 3.05) is 25.1 Å². The molecule has 3 rings (SSSR count). The zero-order valence-corrected chi connectivity index (χ0v) is 19.2. The Balaban J connectivity index is 1.81. The molecular formula is C24H29N3O5. The third-order valence-electron chi connectivity index (χ3n) is 4.68. The van der Waals surface area contributed by atoms with Gasteiger partial charge in [-0.1, -0.05) is 28.9 Å². The van der Waals surface area contributed by atoms with Gasteiger partial charge < -0.3 is 18.6 Å². The van der Waals surface area contributed by atoms with Crippen molar-refractivity contribution in [3.8, 4) is 28.7 Å². The summed E-state index contributed by atoms with van der Waals surface area (Å²) in [5.74, 6) is 1.57. The molecule has 1 heterocycles. The van der Waals surface area contributed by atoms with Gasteiger partial charge >= 0.3 is 6.01 Å². The van der Waals surface area contributed by atoms with E-state index in [2.05, 4.69) is 15.5 Å². The molecule has 2 aromatic carbocycles. The van der Waals surface area contributed by atoms with Gasteiger partial charge in [0.15, 0.2) is 11.5 Å². The predicted octanol–water partition coefficient (Wildman–Crippen LogP) is 4.73. The fourth-order valence-corrected chi connectivity index (χ4v) is 3.28. The van der Waals surface area contributed by atoms with Crippen molar-refractivity contribution in [2.45, 2.75) is 41.0 Å². The van der Waals surface area contributed by atoms with Gasteiger partial charge in [-0.2, -0.15) is 0 Å². The first-order chi connectivity index (χ1) is 15.4. The number of nitrogens with zero attached hydrogens (tertiary/aromatic N) is 2. The number of amides is 1. The highest BCUT2D eigenvalue weighted by atomic mass is 16.5. The van der Waals surface area contributed by atoms with Crippen LogP contribution in [0.25, 0.3) is 11.5 Å². The second kappa shape index (κ2) is 10.7. The number of benzene rings is 2. The Morgan fingerprint density at radius 1 is 0.938 bits per heavy atom. The molecule has 0 atom stereocenters. The van der Waals surface area contributed by atoms with Gasteiger partial charge in [-0.05, 0) is 57.9 Å². The number of anilines is 1. The van der Waals surface area contributed by atoms with E-state index in [-0.39, 0.29) is 24.2 Å². The van der Waals surface area contributed by atoms with Crippen LogP contribution in [0.2, 0.25) is 0 Å². The van der Waals surface area contributed by atoms with E-state index in [9.17, 15) is 4.79 Å². The molecule has 1 amide bonds. The summed E-state index contributed by atoms with van der Waals surface area (Å²) in [4.78, 5) is 12.5. The van der Waals surface area contributed by atoms with Crippen LogP contribution in [-0.2, 0) is 11.2 Å². The molecule has 8 nitrogen and oxygen atoms in total. The third-order valence-corrected chi connectivity index (χ3v) is 4.68. The average molecular weight is 440 g/mol. The number of aromatic nitrogens is 2. The highest BCUT2D eigenvalue weighted by Gasteiger charge is 2.19. The van der Waals surface area contributed by atoms with Crippen molar-refractivity contribution in [2.24, 2.45) is 0 Å². The van der Waals surface area contributed by atoms with Gasteiger partial charge in [0.1, 0.15) is 0 Å². The minimum atomic E-state index is -0.233. The summed E-state index contributed by atoms with van der Waals surface area (Å²) in [5, 5.41) is 10.7. The van der Waals surface area contributed by atoms with Crippen LogP contribution in [0, 0.1) is 13.8 Å². The molecule has 0 aliphatic heterocycles. The van der Waals surface area contributed by atoms with E-state index < -0.39 is 0 Å². The van der Waals surface area contributed by atoms with Crippen molar-refractivity contribution in [3.63, 3.8) is 0 Å². The molecule has 0 spiro atoms. The van der Waals surface area contributed by atoms with E-state index in [4.69, 9.17) is 18.6 Å². The Kier molecular flexibility index (Phi) is 7.70. The van der Waals surface area contributed by atoms with E-state index in [1.807, 2.05) is 52.8 Å². The number of hydrogen-bond acceptors (Lipinski definition) is 7. The lowest BCUT2D eigenvalue weighted by Crippen LogP contribution is -2.15. The molecule has 32 heavy (non-hydrogen) atoms. The molecule has 0 saturated carbocycles. The second-order valence-corrected chi connectivity index (χ2v) is 7.17. The topological polar surface area (TPSA) is 95.7 Å². The highest BCUT2D eigenvalue weighted by molar-refractivity contribution is 5.90. The van der Waals surface area contributed by atoms with Crippen molar-refractivity contribution < 1.29 is 23.4 Å². The van der Waals surface area contributed by atoms with Gasteiger partial charge in [0.25, 0.3) is 0 Å². The van der Waals surface area contributed by atoms with Gasteiger partial charge in [0, 0.05) is 5.56 Å². The van der Waals surface area contributed by atoms with E-state index in [1.54, 1.807) is 12.1 Å². The second-order valence-electron chi connectivity index (χ2n) is 7.17. The summed E-state index contributed by atoms with van der Waals surface area (Å²) in [6.07, 6.45) is 0.218. The molecule has 1 aromatic heterocycles. The summed E-state index contributed by atoms with van der Waals surface area (Å²) in [6, 6.07) is 9.52. The van der Waals surface area contributed by atoms with Crippen LogP contribution in [0.1, 0.15) is 37.5 Å². The smallest absolute Gasteiger partial charge is 0.322 e. The molecule has 0 aliphatic rings. The normalized spacial score (nSPS) is 10.7. The summed E-state index contributed by atoms with van der Waals surface area (Å²) in [7, 11) is 0. The predicted molar refractivity (Wildman–Crippen MR) is 121 cm³/mol. The van der Waals surface area contributed by atoms with Crippen LogP contribution in [0.5, 0.6) is 17.2 Å². The Morgan fingerprint density at radius 3 is 2.19 bits per heavy atom. The van der Waals surface area contributed by atoms with Crippen molar-refractivity contribution >= 4 is 11.9 Å². The fraction of sp³-hybridized carbons (Fsp3) is 0.375. The standard InChI is InChI=1S/C24H29N3O5/c1-6-29-19-12-18(13-20(30-7-2)22(19)31-8-3)23-26-27-24(32-23)25-21(28)14-17-10-9-15(4)11-16(17)5/h9-13H,6-8,14H2,1-5H3,(H,25,27,28). The maximum absolute atomic E-state index is 12.5. The molecule has 0 bridgehead atoms. The minimum absolute atomic E-state index is 0.0274. The Morgan fingerprint density at radius 2 is 1.59 bits per heavy atom. The Hall–Kier alpha value is -3.55. The number of ether oxygens (including phenoxy) is 3. The van der Waals surface area contributed by atoms with Crippen LogP contribution in [0.15, 0.2) is 34.7 Å². The molecule has 1 N–H and O–H groups in total. The summed E-state index contributed by atoms with van der Waals surface area (Å²) in [6.45, 7) is 11.1. The third kappa shape index (κ3) is 5.57. The van der Waals surface area contributed by atoms with E-state index in [0.29, 0.717) is 42.6 Å². The highest BCUT2D eigenvalue weighted by Crippen LogP contribution is 2.41. The lowest BCUT2D eigenvalue weighted by Gasteiger charge is -2.16. The summed E-state index contributed by atoms with van der Waals surface area (Å²) < 4.78 is 22.9. The first kappa shape index (κ1) is 23.1. The molecule has 0 radical (unpaired) electrons. The number of hydrogen-bond donors (Lipinski definition) is 1. The van der Waals surface area contributed by atoms with Crippen LogP contribution in [0.3, 0.4) is 0 Å². The van der Waals surface area contributed by atoms with E-state index in [0.717, 1.165) is 16.7 Å². The molecule has 0 aliphatic carbocycles. The maximum atomic E-state index is 12.5. The average Bonchev–Trinajstić information content (AvgIpc) is 3.21. The zero-order valence-electron chi connectivity index (χ0n) is 19.2. The molecule has 0 unspecified atom stereocenters. The fourth-order valence-electron chi connectivity index (χ4n) is 3.28. The maximum Gasteiger partial charge on any atom is 0.322 e. The lowest BCUT2D eigenvalue weighted by atomic mass is 10.0. The first-order valence-electron chi connectivity index (χ1n) is 10.7. The molecule has 0 saturated heterocycles. The van der Waals surface area contributed by atoms with Crippen molar-refractivity contribution in [3.05, 3.63) is 47.0 Å². The first-order valence-corrected chi connectivity index (χ1v) is 10.7. The molecule has 0 fully saturated rings. The monoisotopic (exact) mass is 439 g/mol.